The molecule has 0 aliphatic carbocycles. The number of nitrogens with zero attached hydrogens (tertiary/aromatic N) is 1. The third kappa shape index (κ3) is 6.82. The molecule has 1 aliphatic rings. The monoisotopic (exact) mass is 485 g/mol. The van der Waals surface area contributed by atoms with Crippen LogP contribution in [0, 0.1) is 0 Å². The molecule has 2 heterocycles. The molecule has 0 unspecified atom stereocenters. The average Bonchev–Trinajstić information content (AvgIpc) is 2.77. The second kappa shape index (κ2) is 10.5. The largest absolute Gasteiger partial charge is 0.482 e. The normalized spacial score (nSPS) is 15.3. The van der Waals surface area contributed by atoms with E-state index in [4.69, 9.17) is 21.1 Å². The first kappa shape index (κ1) is 24.3. The Morgan fingerprint density at radius 2 is 1.94 bits per heavy atom. The topological polar surface area (TPSA) is 107 Å². The van der Waals surface area contributed by atoms with Crippen molar-refractivity contribution in [3.63, 3.8) is 0 Å². The van der Waals surface area contributed by atoms with Gasteiger partial charge in [0, 0.05) is 18.1 Å². The first-order valence-electron chi connectivity index (χ1n) is 9.83. The summed E-state index contributed by atoms with van der Waals surface area (Å²) in [7, 11) is 0. The molecule has 2 aromatic rings. The Kier molecular flexibility index (Phi) is 7.75. The molecular formula is C21H19ClF3N3O5. The highest BCUT2D eigenvalue weighted by atomic mass is 35.5. The number of carbonyl (C=O) groups excluding carboxylic acids is 3. The molecule has 0 saturated heterocycles. The van der Waals surface area contributed by atoms with Crippen molar-refractivity contribution >= 4 is 29.2 Å². The van der Waals surface area contributed by atoms with E-state index in [0.29, 0.717) is 22.8 Å². The Morgan fingerprint density at radius 3 is 2.64 bits per heavy atom. The zero-order valence-electron chi connectivity index (χ0n) is 17.1. The number of pyridine rings is 1. The molecule has 8 nitrogen and oxygen atoms in total. The molecule has 1 aromatic carbocycles. The van der Waals surface area contributed by atoms with Crippen LogP contribution in [0.25, 0.3) is 0 Å². The number of halogens is 4. The molecule has 2 N–H and O–H groups in total. The number of rotatable bonds is 8. The number of Topliss-reactive ketones (excluding diaryl/α,β-unsaturated/α-hetero) is 1. The third-order valence-corrected chi connectivity index (χ3v) is 4.78. The van der Waals surface area contributed by atoms with Crippen molar-refractivity contribution in [1.82, 2.24) is 15.6 Å². The second-order valence-electron chi connectivity index (χ2n) is 7.03. The van der Waals surface area contributed by atoms with Crippen molar-refractivity contribution in [3.05, 3.63) is 52.8 Å². The maximum Gasteiger partial charge on any atom is 0.433 e. The summed E-state index contributed by atoms with van der Waals surface area (Å²) in [5.41, 5.74) is -0.721. The number of carbonyl (C=O) groups is 3. The number of hydrogen-bond acceptors (Lipinski definition) is 6. The molecule has 12 heteroatoms. The lowest BCUT2D eigenvalue weighted by atomic mass is 10.0. The minimum absolute atomic E-state index is 0.0243. The third-order valence-electron chi connectivity index (χ3n) is 4.55. The van der Waals surface area contributed by atoms with Gasteiger partial charge in [0.15, 0.2) is 18.5 Å². The van der Waals surface area contributed by atoms with E-state index in [9.17, 15) is 27.6 Å². The number of amides is 2. The van der Waals surface area contributed by atoms with E-state index in [0.717, 1.165) is 18.3 Å². The van der Waals surface area contributed by atoms with Crippen LogP contribution in [0.2, 0.25) is 5.02 Å². The van der Waals surface area contributed by atoms with Gasteiger partial charge in [-0.3, -0.25) is 14.4 Å². The Labute approximate surface area is 191 Å². The fourth-order valence-corrected chi connectivity index (χ4v) is 3.09. The van der Waals surface area contributed by atoms with Gasteiger partial charge in [0.2, 0.25) is 0 Å². The highest BCUT2D eigenvalue weighted by Gasteiger charge is 2.32. The number of nitrogens with one attached hydrogen (secondary N) is 2. The van der Waals surface area contributed by atoms with Gasteiger partial charge in [0.25, 0.3) is 11.8 Å². The van der Waals surface area contributed by atoms with E-state index in [1.54, 1.807) is 6.07 Å². The van der Waals surface area contributed by atoms with E-state index >= 15 is 0 Å². The summed E-state index contributed by atoms with van der Waals surface area (Å²) in [5.74, 6) is -0.858. The van der Waals surface area contributed by atoms with Gasteiger partial charge >= 0.3 is 6.18 Å². The van der Waals surface area contributed by atoms with Crippen LogP contribution in [0.5, 0.6) is 11.5 Å². The van der Waals surface area contributed by atoms with Gasteiger partial charge in [-0.2, -0.15) is 13.2 Å². The number of alkyl halides is 3. The molecule has 176 valence electrons. The Morgan fingerprint density at radius 1 is 1.18 bits per heavy atom. The van der Waals surface area contributed by atoms with Crippen LogP contribution in [0.4, 0.5) is 13.2 Å². The zero-order valence-corrected chi connectivity index (χ0v) is 17.8. The number of ketones is 1. The number of ether oxygens (including phenoxy) is 2. The number of hydrogen-bond donors (Lipinski definition) is 2. The fraction of sp³-hybridized carbons (Fsp3) is 0.333. The quantitative estimate of drug-likeness (QED) is 0.557. The lowest BCUT2D eigenvalue weighted by molar-refractivity contribution is -0.141. The van der Waals surface area contributed by atoms with Gasteiger partial charge in [-0.05, 0) is 36.8 Å². The Bertz CT molecular complexity index is 1030. The fourth-order valence-electron chi connectivity index (χ4n) is 2.92. The van der Waals surface area contributed by atoms with Crippen LogP contribution < -0.4 is 20.1 Å². The Balaban J connectivity index is 1.32. The molecule has 1 atom stereocenters. The van der Waals surface area contributed by atoms with Crippen LogP contribution in [0.1, 0.15) is 28.9 Å². The standard InChI is InChI=1S/C21H19ClF3N3O5/c22-12-2-4-16-14(8-12)15(29)9-17(33-16)20(31)27-7-1-6-26-19(30)11-32-13-3-5-18(28-10-13)21(23,24)25/h2-5,8,10,17H,1,6-7,9,11H2,(H,26,30)(H,27,31)/t17-/m0/s1. The van der Waals surface area contributed by atoms with Gasteiger partial charge in [-0.15, -0.1) is 0 Å². The van der Waals surface area contributed by atoms with Gasteiger partial charge in [-0.1, -0.05) is 11.6 Å². The number of fused-ring (bicyclic) bond motifs is 1. The van der Waals surface area contributed by atoms with Crippen molar-refractivity contribution in [1.29, 1.82) is 0 Å². The summed E-state index contributed by atoms with van der Waals surface area (Å²) in [6.45, 7) is 0.0463. The van der Waals surface area contributed by atoms with E-state index in [-0.39, 0.29) is 31.0 Å². The van der Waals surface area contributed by atoms with E-state index in [1.165, 1.54) is 12.1 Å². The summed E-state index contributed by atoms with van der Waals surface area (Å²) in [6.07, 6.45) is -4.33. The number of benzene rings is 1. The molecule has 0 spiro atoms. The molecule has 1 aliphatic heterocycles. The predicted octanol–water partition coefficient (Wildman–Crippen LogP) is 2.79. The minimum Gasteiger partial charge on any atom is -0.482 e. The molecule has 33 heavy (non-hydrogen) atoms. The molecule has 0 radical (unpaired) electrons. The Hall–Kier alpha value is -3.34. The van der Waals surface area contributed by atoms with Gasteiger partial charge < -0.3 is 20.1 Å². The van der Waals surface area contributed by atoms with Gasteiger partial charge in [0.1, 0.15) is 17.2 Å². The van der Waals surface area contributed by atoms with E-state index < -0.39 is 36.4 Å². The molecule has 0 fully saturated rings. The summed E-state index contributed by atoms with van der Waals surface area (Å²) in [4.78, 5) is 39.5. The second-order valence-corrected chi connectivity index (χ2v) is 7.47. The molecule has 0 bridgehead atoms. The number of aromatic nitrogens is 1. The first-order valence-corrected chi connectivity index (χ1v) is 10.2. The summed E-state index contributed by atoms with van der Waals surface area (Å²) < 4.78 is 48.0. The highest BCUT2D eigenvalue weighted by molar-refractivity contribution is 6.31. The molecule has 2 amide bonds. The molecular weight excluding hydrogens is 467 g/mol. The van der Waals surface area contributed by atoms with Crippen molar-refractivity contribution in [2.24, 2.45) is 0 Å². The van der Waals surface area contributed by atoms with E-state index in [1.807, 2.05) is 0 Å². The summed E-state index contributed by atoms with van der Waals surface area (Å²) in [5, 5.41) is 5.59. The molecule has 0 saturated carbocycles. The predicted molar refractivity (Wildman–Crippen MR) is 110 cm³/mol. The highest BCUT2D eigenvalue weighted by Crippen LogP contribution is 2.30. The smallest absolute Gasteiger partial charge is 0.433 e. The lowest BCUT2D eigenvalue weighted by Crippen LogP contribution is -2.43. The molecule has 1 aromatic heterocycles. The van der Waals surface area contributed by atoms with Crippen molar-refractivity contribution in [2.45, 2.75) is 25.1 Å². The average molecular weight is 486 g/mol. The minimum atomic E-state index is -4.55. The SMILES string of the molecule is O=C(COc1ccc(C(F)(F)F)nc1)NCCCNC(=O)[C@@H]1CC(=O)c2cc(Cl)ccc2O1. The zero-order chi connectivity index (χ0) is 24.0. The van der Waals surface area contributed by atoms with Crippen LogP contribution in [0.15, 0.2) is 36.5 Å². The van der Waals surface area contributed by atoms with Gasteiger partial charge in [-0.25, -0.2) is 4.98 Å². The van der Waals surface area contributed by atoms with Crippen molar-refractivity contribution in [3.8, 4) is 11.5 Å². The van der Waals surface area contributed by atoms with Gasteiger partial charge in [0.05, 0.1) is 18.2 Å². The van der Waals surface area contributed by atoms with Crippen LogP contribution >= 0.6 is 11.6 Å². The van der Waals surface area contributed by atoms with Crippen LogP contribution in [0.3, 0.4) is 0 Å². The maximum atomic E-state index is 12.5. The first-order chi connectivity index (χ1) is 15.6. The summed E-state index contributed by atoms with van der Waals surface area (Å²) >= 11 is 5.87. The van der Waals surface area contributed by atoms with Crippen LogP contribution in [-0.4, -0.2) is 48.4 Å². The molecule has 3 rings (SSSR count). The van der Waals surface area contributed by atoms with Crippen LogP contribution in [-0.2, 0) is 15.8 Å². The van der Waals surface area contributed by atoms with E-state index in [2.05, 4.69) is 15.6 Å². The lowest BCUT2D eigenvalue weighted by Gasteiger charge is -2.24. The van der Waals surface area contributed by atoms with Crippen molar-refractivity contribution in [2.75, 3.05) is 19.7 Å². The maximum absolute atomic E-state index is 12.5. The van der Waals surface area contributed by atoms with Crippen molar-refractivity contribution < 1.29 is 37.0 Å². The summed E-state index contributed by atoms with van der Waals surface area (Å²) in [6, 6.07) is 6.42.